The zero-order valence-corrected chi connectivity index (χ0v) is 23.9. The van der Waals surface area contributed by atoms with Gasteiger partial charge in [0.05, 0.1) is 5.92 Å². The maximum absolute atomic E-state index is 12.7. The molecular weight excluding hydrogens is 498 g/mol. The Kier molecular flexibility index (Phi) is 15.3. The molecule has 2 aromatic rings. The predicted molar refractivity (Wildman–Crippen MR) is 154 cm³/mol. The molecule has 2 aromatic carbocycles. The summed E-state index contributed by atoms with van der Waals surface area (Å²) in [7, 11) is 0. The third-order valence-corrected chi connectivity index (χ3v) is 7.41. The van der Waals surface area contributed by atoms with Crippen molar-refractivity contribution in [1.82, 2.24) is 0 Å². The summed E-state index contributed by atoms with van der Waals surface area (Å²) in [6, 6.07) is 16.0. The molecule has 38 heavy (non-hydrogen) atoms. The number of amides is 1. The van der Waals surface area contributed by atoms with Crippen molar-refractivity contribution >= 4 is 35.3 Å². The fourth-order valence-corrected chi connectivity index (χ4v) is 5.17. The summed E-state index contributed by atoms with van der Waals surface area (Å²) in [6.07, 6.45) is 12.4. The second kappa shape index (κ2) is 18.5. The van der Waals surface area contributed by atoms with Crippen LogP contribution in [-0.4, -0.2) is 23.6 Å². The summed E-state index contributed by atoms with van der Waals surface area (Å²) in [5.74, 6) is -0.856. The van der Waals surface area contributed by atoms with E-state index in [0.29, 0.717) is 6.42 Å². The highest BCUT2D eigenvalue weighted by molar-refractivity contribution is 7.99. The molecule has 2 rings (SSSR count). The molecule has 0 bridgehead atoms. The highest BCUT2D eigenvalue weighted by atomic mass is 32.2. The lowest BCUT2D eigenvalue weighted by Crippen LogP contribution is -2.18. The zero-order valence-electron chi connectivity index (χ0n) is 23.1. The van der Waals surface area contributed by atoms with Crippen LogP contribution in [0.15, 0.2) is 53.4 Å². The van der Waals surface area contributed by atoms with E-state index in [1.165, 1.54) is 64.4 Å². The minimum atomic E-state index is -0.650. The van der Waals surface area contributed by atoms with Gasteiger partial charge in [-0.05, 0) is 66.8 Å². The highest BCUT2D eigenvalue weighted by Gasteiger charge is 2.24. The van der Waals surface area contributed by atoms with Crippen LogP contribution >= 0.6 is 11.8 Å². The fourth-order valence-electron chi connectivity index (χ4n) is 4.26. The van der Waals surface area contributed by atoms with Crippen molar-refractivity contribution in [3.63, 3.8) is 0 Å². The summed E-state index contributed by atoms with van der Waals surface area (Å²) < 4.78 is 0. The molecular formula is C31H43NO5S. The molecule has 0 aliphatic carbocycles. The van der Waals surface area contributed by atoms with Crippen molar-refractivity contribution in [2.24, 2.45) is 0 Å². The fraction of sp³-hybridized carbons (Fsp3) is 0.516. The Balaban J connectivity index is 1.83. The first-order valence-corrected chi connectivity index (χ1v) is 14.9. The van der Waals surface area contributed by atoms with Crippen molar-refractivity contribution in [3.05, 3.63) is 59.7 Å². The van der Waals surface area contributed by atoms with Crippen LogP contribution in [0.3, 0.4) is 0 Å². The van der Waals surface area contributed by atoms with E-state index in [1.54, 1.807) is 11.8 Å². The molecule has 0 aliphatic rings. The summed E-state index contributed by atoms with van der Waals surface area (Å²) in [6.45, 7) is 4.94. The van der Waals surface area contributed by atoms with Gasteiger partial charge in [-0.2, -0.15) is 0 Å². The average Bonchev–Trinajstić information content (AvgIpc) is 2.90. The molecule has 0 heterocycles. The van der Waals surface area contributed by atoms with Gasteiger partial charge in [0.15, 0.2) is 0 Å². The van der Waals surface area contributed by atoms with Gasteiger partial charge in [-0.3, -0.25) is 4.79 Å². The summed E-state index contributed by atoms with van der Waals surface area (Å²) in [5, 5.41) is 2.77. The summed E-state index contributed by atoms with van der Waals surface area (Å²) >= 11 is 1.74. The van der Waals surface area contributed by atoms with Gasteiger partial charge in [0.1, 0.15) is 0 Å². The van der Waals surface area contributed by atoms with Crippen molar-refractivity contribution in [1.29, 1.82) is 0 Å². The van der Waals surface area contributed by atoms with Crippen molar-refractivity contribution < 1.29 is 24.2 Å². The van der Waals surface area contributed by atoms with Crippen molar-refractivity contribution in [2.75, 3.05) is 11.1 Å². The Morgan fingerprint density at radius 1 is 0.789 bits per heavy atom. The van der Waals surface area contributed by atoms with Crippen LogP contribution in [0, 0.1) is 0 Å². The molecule has 1 amide bonds. The van der Waals surface area contributed by atoms with E-state index in [4.69, 9.17) is 4.89 Å². The Bertz CT molecular complexity index is 975. The lowest BCUT2D eigenvalue weighted by molar-refractivity contribution is -0.258. The predicted octanol–water partition coefficient (Wildman–Crippen LogP) is 8.01. The van der Waals surface area contributed by atoms with Gasteiger partial charge in [-0.25, -0.2) is 19.4 Å². The molecule has 0 aliphatic heterocycles. The number of rotatable bonds is 17. The van der Waals surface area contributed by atoms with Crippen LogP contribution in [0.25, 0.3) is 0 Å². The number of benzene rings is 2. The van der Waals surface area contributed by atoms with Gasteiger partial charge in [0.25, 0.3) is 0 Å². The van der Waals surface area contributed by atoms with Gasteiger partial charge >= 0.3 is 11.9 Å². The van der Waals surface area contributed by atoms with Crippen LogP contribution in [0.1, 0.15) is 102 Å². The number of carbonyl (C=O) groups excluding carboxylic acids is 3. The second-order valence-corrected chi connectivity index (χ2v) is 10.9. The van der Waals surface area contributed by atoms with Crippen molar-refractivity contribution in [2.45, 2.75) is 102 Å². The number of hydrogen-bond acceptors (Lipinski definition) is 6. The largest absolute Gasteiger partial charge is 0.362 e. The Morgan fingerprint density at radius 3 is 2.08 bits per heavy atom. The number of carbonyl (C=O) groups is 3. The maximum atomic E-state index is 12.7. The first-order valence-electron chi connectivity index (χ1n) is 13.9. The van der Waals surface area contributed by atoms with Crippen molar-refractivity contribution in [3.8, 4) is 0 Å². The molecule has 7 heteroatoms. The molecule has 1 N–H and O–H groups in total. The maximum Gasteiger partial charge on any atom is 0.362 e. The normalized spacial score (nSPS) is 11.6. The number of nitrogens with one attached hydrogen (secondary N) is 1. The lowest BCUT2D eigenvalue weighted by Gasteiger charge is -2.15. The number of aryl methyl sites for hydroxylation is 1. The van der Waals surface area contributed by atoms with Gasteiger partial charge < -0.3 is 5.32 Å². The van der Waals surface area contributed by atoms with Gasteiger partial charge in [-0.15, -0.1) is 11.8 Å². The first kappa shape index (κ1) is 31.4. The Hall–Kier alpha value is -2.80. The van der Waals surface area contributed by atoms with E-state index in [-0.39, 0.29) is 5.91 Å². The molecule has 6 nitrogen and oxygen atoms in total. The standard InChI is InChI=1S/C31H43NO5S/c1-4-5-6-7-8-9-10-13-26-15-17-27(18-16-26)30(31(35)37-36-25(3)34)14-11-12-23-38-29-21-19-28(20-22-29)32-24(2)33/h15-22,30H,4-14,23H2,1-3H3,(H,32,33). The minimum absolute atomic E-state index is 0.0880. The van der Waals surface area contributed by atoms with E-state index in [0.717, 1.165) is 41.2 Å². The molecule has 1 unspecified atom stereocenters. The van der Waals surface area contributed by atoms with Crippen LogP contribution in [0.5, 0.6) is 0 Å². The third kappa shape index (κ3) is 13.1. The molecule has 0 aromatic heterocycles. The minimum Gasteiger partial charge on any atom is -0.326 e. The second-order valence-electron chi connectivity index (χ2n) is 9.69. The lowest BCUT2D eigenvalue weighted by atomic mass is 9.92. The number of anilines is 1. The van der Waals surface area contributed by atoms with Crippen LogP contribution in [0.2, 0.25) is 0 Å². The molecule has 0 fully saturated rings. The Morgan fingerprint density at radius 2 is 1.45 bits per heavy atom. The van der Waals surface area contributed by atoms with Gasteiger partial charge in [0, 0.05) is 24.4 Å². The van der Waals surface area contributed by atoms with E-state index < -0.39 is 17.9 Å². The van der Waals surface area contributed by atoms with E-state index in [9.17, 15) is 14.4 Å². The van der Waals surface area contributed by atoms with E-state index >= 15 is 0 Å². The van der Waals surface area contributed by atoms with Crippen LogP contribution in [0.4, 0.5) is 5.69 Å². The van der Waals surface area contributed by atoms with Crippen LogP contribution in [-0.2, 0) is 30.6 Å². The van der Waals surface area contributed by atoms with Gasteiger partial charge in [0.2, 0.25) is 5.91 Å². The van der Waals surface area contributed by atoms with Crippen LogP contribution < -0.4 is 5.32 Å². The average molecular weight is 542 g/mol. The topological polar surface area (TPSA) is 81.7 Å². The van der Waals surface area contributed by atoms with Gasteiger partial charge in [-0.1, -0.05) is 76.1 Å². The quantitative estimate of drug-likeness (QED) is 0.0945. The highest BCUT2D eigenvalue weighted by Crippen LogP contribution is 2.27. The monoisotopic (exact) mass is 541 g/mol. The zero-order chi connectivity index (χ0) is 27.6. The number of unbranched alkanes of at least 4 members (excludes halogenated alkanes) is 7. The summed E-state index contributed by atoms with van der Waals surface area (Å²) in [5.41, 5.74) is 2.94. The SMILES string of the molecule is CCCCCCCCCc1ccc(C(CCCCSc2ccc(NC(C)=O)cc2)C(=O)OOC(C)=O)cc1. The first-order chi connectivity index (χ1) is 18.4. The summed E-state index contributed by atoms with van der Waals surface area (Å²) in [4.78, 5) is 45.5. The smallest absolute Gasteiger partial charge is 0.326 e. The molecule has 0 saturated carbocycles. The van der Waals surface area contributed by atoms with E-state index in [1.807, 2.05) is 36.4 Å². The number of hydrogen-bond donors (Lipinski definition) is 1. The molecule has 1 atom stereocenters. The molecule has 208 valence electrons. The molecule has 0 spiro atoms. The molecule has 0 radical (unpaired) electrons. The third-order valence-electron chi connectivity index (χ3n) is 6.31. The number of thioether (sulfide) groups is 1. The van der Waals surface area contributed by atoms with E-state index in [2.05, 4.69) is 29.3 Å². The molecule has 0 saturated heterocycles. The Labute approximate surface area is 232 Å².